The summed E-state index contributed by atoms with van der Waals surface area (Å²) in [7, 11) is 0. The summed E-state index contributed by atoms with van der Waals surface area (Å²) in [6.07, 6.45) is 0.836. The van der Waals surface area contributed by atoms with Crippen molar-refractivity contribution in [2.45, 2.75) is 12.5 Å². The number of thiophene rings is 1. The highest BCUT2D eigenvalue weighted by Crippen LogP contribution is 2.30. The van der Waals surface area contributed by atoms with Gasteiger partial charge in [0.25, 0.3) is 0 Å². The fourth-order valence-electron chi connectivity index (χ4n) is 1.66. The zero-order chi connectivity index (χ0) is 13.1. The van der Waals surface area contributed by atoms with Gasteiger partial charge < -0.3 is 0 Å². The van der Waals surface area contributed by atoms with Gasteiger partial charge >= 0.3 is 0 Å². The van der Waals surface area contributed by atoms with E-state index in [4.69, 9.17) is 17.4 Å². The van der Waals surface area contributed by atoms with E-state index < -0.39 is 0 Å². The lowest BCUT2D eigenvalue weighted by Gasteiger charge is -2.16. The van der Waals surface area contributed by atoms with Crippen LogP contribution in [0.5, 0.6) is 0 Å². The van der Waals surface area contributed by atoms with Crippen LogP contribution in [0.4, 0.5) is 0 Å². The van der Waals surface area contributed by atoms with Crippen molar-refractivity contribution < 1.29 is 0 Å². The first-order valence-corrected chi connectivity index (χ1v) is 8.09. The van der Waals surface area contributed by atoms with Gasteiger partial charge in [-0.15, -0.1) is 11.3 Å². The molecule has 2 nitrogen and oxygen atoms in total. The number of nitrogens with one attached hydrogen (secondary N) is 1. The number of halogens is 3. The molecule has 0 bridgehead atoms. The smallest absolute Gasteiger partial charge is 0.0548 e. The molecule has 1 atom stereocenters. The van der Waals surface area contributed by atoms with E-state index in [-0.39, 0.29) is 6.04 Å². The third kappa shape index (κ3) is 3.35. The fourth-order valence-corrected chi connectivity index (χ4v) is 3.73. The lowest BCUT2D eigenvalue weighted by Crippen LogP contribution is -2.29. The van der Waals surface area contributed by atoms with Gasteiger partial charge in [-0.2, -0.15) is 0 Å². The lowest BCUT2D eigenvalue weighted by atomic mass is 10.0. The van der Waals surface area contributed by atoms with Gasteiger partial charge in [0.15, 0.2) is 0 Å². The molecule has 3 N–H and O–H groups in total. The molecule has 0 aliphatic carbocycles. The molecule has 2 aromatic rings. The highest BCUT2D eigenvalue weighted by atomic mass is 79.9. The Morgan fingerprint density at radius 1 is 1.28 bits per heavy atom. The summed E-state index contributed by atoms with van der Waals surface area (Å²) in [5, 5.41) is 2.76. The van der Waals surface area contributed by atoms with Crippen molar-refractivity contribution in [3.63, 3.8) is 0 Å². The van der Waals surface area contributed by atoms with E-state index in [9.17, 15) is 0 Å². The molecule has 0 fully saturated rings. The van der Waals surface area contributed by atoms with Crippen LogP contribution >= 0.6 is 54.8 Å². The molecule has 0 radical (unpaired) electrons. The normalized spacial score (nSPS) is 12.7. The molecule has 1 heterocycles. The monoisotopic (exact) mass is 408 g/mol. The zero-order valence-electron chi connectivity index (χ0n) is 9.29. The topological polar surface area (TPSA) is 38.0 Å². The molecule has 0 spiro atoms. The summed E-state index contributed by atoms with van der Waals surface area (Å²) in [5.41, 5.74) is 3.96. The minimum absolute atomic E-state index is 0.0634. The summed E-state index contributed by atoms with van der Waals surface area (Å²) < 4.78 is 2.01. The van der Waals surface area contributed by atoms with Crippen LogP contribution in [-0.2, 0) is 6.42 Å². The summed E-state index contributed by atoms with van der Waals surface area (Å²) in [5.74, 6) is 5.65. The summed E-state index contributed by atoms with van der Waals surface area (Å²) >= 11 is 14.7. The van der Waals surface area contributed by atoms with E-state index >= 15 is 0 Å². The van der Waals surface area contributed by atoms with Crippen LogP contribution in [0.1, 0.15) is 16.5 Å². The second-order valence-electron chi connectivity index (χ2n) is 3.79. The minimum atomic E-state index is 0.0634. The molecule has 18 heavy (non-hydrogen) atoms. The number of nitrogens with two attached hydrogens (primary N) is 1. The van der Waals surface area contributed by atoms with Crippen LogP contribution in [0.25, 0.3) is 0 Å². The van der Waals surface area contributed by atoms with E-state index in [1.165, 1.54) is 4.88 Å². The zero-order valence-corrected chi connectivity index (χ0v) is 14.0. The lowest BCUT2D eigenvalue weighted by molar-refractivity contribution is 0.555. The highest BCUT2D eigenvalue weighted by Gasteiger charge is 2.14. The Balaban J connectivity index is 2.23. The van der Waals surface area contributed by atoms with E-state index in [0.717, 1.165) is 20.9 Å². The second-order valence-corrected chi connectivity index (χ2v) is 6.91. The van der Waals surface area contributed by atoms with Crippen LogP contribution in [0, 0.1) is 0 Å². The number of hydrazine groups is 1. The fraction of sp³-hybridized carbons (Fsp3) is 0.167. The number of hydrogen-bond acceptors (Lipinski definition) is 3. The molecular formula is C12H11Br2ClN2S. The van der Waals surface area contributed by atoms with E-state index in [0.29, 0.717) is 5.02 Å². The highest BCUT2D eigenvalue weighted by molar-refractivity contribution is 9.10. The van der Waals surface area contributed by atoms with Crippen LogP contribution in [-0.4, -0.2) is 0 Å². The third-order valence-electron chi connectivity index (χ3n) is 2.63. The molecular weight excluding hydrogens is 399 g/mol. The van der Waals surface area contributed by atoms with Gasteiger partial charge in [0, 0.05) is 20.2 Å². The molecule has 96 valence electrons. The molecule has 1 aromatic carbocycles. The predicted molar refractivity (Wildman–Crippen MR) is 84.9 cm³/mol. The van der Waals surface area contributed by atoms with Crippen molar-refractivity contribution >= 4 is 54.8 Å². The molecule has 0 aliphatic rings. The molecule has 0 saturated heterocycles. The molecule has 6 heteroatoms. The van der Waals surface area contributed by atoms with Crippen LogP contribution in [0.3, 0.4) is 0 Å². The van der Waals surface area contributed by atoms with Gasteiger partial charge in [-0.1, -0.05) is 17.7 Å². The predicted octanol–water partition coefficient (Wildman–Crippen LogP) is 4.67. The van der Waals surface area contributed by atoms with E-state index in [1.807, 2.05) is 24.3 Å². The van der Waals surface area contributed by atoms with Crippen molar-refractivity contribution in [3.05, 3.63) is 54.1 Å². The van der Waals surface area contributed by atoms with Gasteiger partial charge in [-0.3, -0.25) is 11.3 Å². The van der Waals surface area contributed by atoms with Crippen LogP contribution in [0.2, 0.25) is 5.02 Å². The number of hydrogen-bond donors (Lipinski definition) is 2. The van der Waals surface area contributed by atoms with Gasteiger partial charge in [-0.25, -0.2) is 0 Å². The first-order chi connectivity index (χ1) is 8.61. The SMILES string of the molecule is NNC(Cc1sccc1Br)c1ccc(Cl)c(Br)c1. The second kappa shape index (κ2) is 6.50. The van der Waals surface area contributed by atoms with Crippen LogP contribution in [0.15, 0.2) is 38.6 Å². The first kappa shape index (κ1) is 14.5. The van der Waals surface area contributed by atoms with E-state index in [2.05, 4.69) is 42.7 Å². The van der Waals surface area contributed by atoms with Crippen molar-refractivity contribution in [3.8, 4) is 0 Å². The molecule has 0 aliphatic heterocycles. The average molecular weight is 411 g/mol. The number of rotatable bonds is 4. The Morgan fingerprint density at radius 3 is 2.61 bits per heavy atom. The standard InChI is InChI=1S/C12H11Br2ClN2S/c13-8-3-4-18-12(8)6-11(17-16)7-1-2-10(15)9(14)5-7/h1-5,11,17H,6,16H2. The van der Waals surface area contributed by atoms with E-state index in [1.54, 1.807) is 11.3 Å². The summed E-state index contributed by atoms with van der Waals surface area (Å²) in [6.45, 7) is 0. The van der Waals surface area contributed by atoms with Crippen molar-refractivity contribution in [1.82, 2.24) is 5.43 Å². The molecule has 1 unspecified atom stereocenters. The van der Waals surface area contributed by atoms with Crippen molar-refractivity contribution in [2.24, 2.45) is 5.84 Å². The minimum Gasteiger partial charge on any atom is -0.271 e. The summed E-state index contributed by atoms with van der Waals surface area (Å²) in [6, 6.07) is 7.96. The maximum Gasteiger partial charge on any atom is 0.0548 e. The number of benzene rings is 1. The Labute approximate surface area is 132 Å². The Bertz CT molecular complexity index is 545. The summed E-state index contributed by atoms with van der Waals surface area (Å²) in [4.78, 5) is 1.27. The van der Waals surface area contributed by atoms with Gasteiger partial charge in [0.1, 0.15) is 0 Å². The van der Waals surface area contributed by atoms with Crippen molar-refractivity contribution in [1.29, 1.82) is 0 Å². The first-order valence-electron chi connectivity index (χ1n) is 5.24. The quantitative estimate of drug-likeness (QED) is 0.568. The molecule has 2 rings (SSSR count). The van der Waals surface area contributed by atoms with Gasteiger partial charge in [0.05, 0.1) is 11.1 Å². The van der Waals surface area contributed by atoms with Gasteiger partial charge in [-0.05, 0) is 61.0 Å². The third-order valence-corrected chi connectivity index (χ3v) is 5.79. The van der Waals surface area contributed by atoms with Gasteiger partial charge in [0.2, 0.25) is 0 Å². The molecule has 0 saturated carbocycles. The molecule has 1 aromatic heterocycles. The van der Waals surface area contributed by atoms with Crippen LogP contribution < -0.4 is 11.3 Å². The Hall–Kier alpha value is 0.0900. The Kier molecular flexibility index (Phi) is 5.24. The average Bonchev–Trinajstić information content (AvgIpc) is 2.75. The van der Waals surface area contributed by atoms with Crippen molar-refractivity contribution in [2.75, 3.05) is 0 Å². The Morgan fingerprint density at radius 2 is 2.06 bits per heavy atom. The largest absolute Gasteiger partial charge is 0.271 e. The maximum absolute atomic E-state index is 5.99. The molecule has 0 amide bonds. The maximum atomic E-state index is 5.99.